The Hall–Kier alpha value is -2.08. The van der Waals surface area contributed by atoms with Gasteiger partial charge in [-0.1, -0.05) is 41.9 Å². The zero-order valence-corrected chi connectivity index (χ0v) is 17.3. The number of para-hydroxylation sites is 2. The number of carbonyl (C=O) groups excluding carboxylic acids is 1. The minimum absolute atomic E-state index is 0.203. The topological polar surface area (TPSA) is 50.8 Å². The number of halogens is 1. The first-order valence-corrected chi connectivity index (χ1v) is 9.98. The van der Waals surface area contributed by atoms with Gasteiger partial charge in [-0.05, 0) is 44.5 Å². The summed E-state index contributed by atoms with van der Waals surface area (Å²) in [5, 5.41) is 3.48. The van der Waals surface area contributed by atoms with E-state index in [1.807, 2.05) is 36.4 Å². The van der Waals surface area contributed by atoms with Gasteiger partial charge in [-0.25, -0.2) is 0 Å². The van der Waals surface area contributed by atoms with Crippen molar-refractivity contribution >= 4 is 23.2 Å². The van der Waals surface area contributed by atoms with Crippen LogP contribution in [-0.2, 0) is 16.1 Å². The minimum atomic E-state index is -0.670. The third-order valence-electron chi connectivity index (χ3n) is 4.67. The van der Waals surface area contributed by atoms with E-state index in [-0.39, 0.29) is 18.1 Å². The summed E-state index contributed by atoms with van der Waals surface area (Å²) < 4.78 is 11.5. The molecule has 0 bridgehead atoms. The Morgan fingerprint density at radius 1 is 1.18 bits per heavy atom. The molecule has 6 heteroatoms. The summed E-state index contributed by atoms with van der Waals surface area (Å²) in [6, 6.07) is 15.0. The molecular weight excluding hydrogens is 376 g/mol. The molecule has 3 rings (SSSR count). The van der Waals surface area contributed by atoms with Gasteiger partial charge in [-0.15, -0.1) is 0 Å². The van der Waals surface area contributed by atoms with Gasteiger partial charge in [-0.3, -0.25) is 9.69 Å². The van der Waals surface area contributed by atoms with Crippen LogP contribution in [0.25, 0.3) is 0 Å². The van der Waals surface area contributed by atoms with E-state index in [0.717, 1.165) is 30.9 Å². The first kappa shape index (κ1) is 20.6. The van der Waals surface area contributed by atoms with Crippen LogP contribution in [-0.4, -0.2) is 42.2 Å². The van der Waals surface area contributed by atoms with E-state index in [1.165, 1.54) is 0 Å². The molecule has 28 heavy (non-hydrogen) atoms. The Morgan fingerprint density at radius 3 is 2.54 bits per heavy atom. The minimum Gasteiger partial charge on any atom is -0.479 e. The van der Waals surface area contributed by atoms with E-state index < -0.39 is 6.10 Å². The molecule has 3 atom stereocenters. The Balaban J connectivity index is 1.65. The Kier molecular flexibility index (Phi) is 6.94. The molecule has 1 aliphatic heterocycles. The molecule has 1 fully saturated rings. The van der Waals surface area contributed by atoms with Crippen LogP contribution < -0.4 is 10.1 Å². The maximum Gasteiger partial charge on any atom is 0.265 e. The number of benzene rings is 2. The monoisotopic (exact) mass is 402 g/mol. The standard InChI is InChI=1S/C22H27ClN2O3/c1-15-12-25(13-16(2)27-15)14-18-8-4-6-10-20(18)24-22(26)17(3)28-21-11-7-5-9-19(21)23/h4-11,15-17H,12-14H2,1-3H3,(H,24,26). The molecule has 5 nitrogen and oxygen atoms in total. The quantitative estimate of drug-likeness (QED) is 0.780. The molecule has 150 valence electrons. The highest BCUT2D eigenvalue weighted by Crippen LogP contribution is 2.25. The summed E-state index contributed by atoms with van der Waals surface area (Å²) in [5.41, 5.74) is 1.87. The number of anilines is 1. The highest BCUT2D eigenvalue weighted by Gasteiger charge is 2.23. The smallest absolute Gasteiger partial charge is 0.265 e. The van der Waals surface area contributed by atoms with Gasteiger partial charge in [0, 0.05) is 25.3 Å². The van der Waals surface area contributed by atoms with Crippen molar-refractivity contribution in [3.8, 4) is 5.75 Å². The van der Waals surface area contributed by atoms with E-state index >= 15 is 0 Å². The fourth-order valence-corrected chi connectivity index (χ4v) is 3.63. The van der Waals surface area contributed by atoms with Gasteiger partial charge in [0.15, 0.2) is 6.10 Å². The average Bonchev–Trinajstić information content (AvgIpc) is 2.64. The second-order valence-electron chi connectivity index (χ2n) is 7.29. The molecule has 2 aromatic rings. The summed E-state index contributed by atoms with van der Waals surface area (Å²) in [6.07, 6.45) is -0.263. The van der Waals surface area contributed by atoms with Crippen LogP contribution >= 0.6 is 11.6 Å². The largest absolute Gasteiger partial charge is 0.479 e. The van der Waals surface area contributed by atoms with Crippen LogP contribution in [0.15, 0.2) is 48.5 Å². The van der Waals surface area contributed by atoms with Crippen LogP contribution in [0.4, 0.5) is 5.69 Å². The number of morpholine rings is 1. The average molecular weight is 403 g/mol. The number of amides is 1. The first-order chi connectivity index (χ1) is 13.4. The van der Waals surface area contributed by atoms with Gasteiger partial charge in [0.1, 0.15) is 5.75 Å². The SMILES string of the molecule is CC1CN(Cc2ccccc2NC(=O)C(C)Oc2ccccc2Cl)CC(C)O1. The van der Waals surface area contributed by atoms with Crippen LogP contribution in [0.2, 0.25) is 5.02 Å². The Bertz CT molecular complexity index is 804. The number of carbonyl (C=O) groups is 1. The lowest BCUT2D eigenvalue weighted by molar-refractivity contribution is -0.122. The van der Waals surface area contributed by atoms with E-state index in [4.69, 9.17) is 21.1 Å². The highest BCUT2D eigenvalue weighted by atomic mass is 35.5. The van der Waals surface area contributed by atoms with Gasteiger partial charge in [0.25, 0.3) is 5.91 Å². The van der Waals surface area contributed by atoms with Crippen LogP contribution in [0.5, 0.6) is 5.75 Å². The molecule has 1 amide bonds. The van der Waals surface area contributed by atoms with Gasteiger partial charge in [0.05, 0.1) is 17.2 Å². The van der Waals surface area contributed by atoms with Gasteiger partial charge < -0.3 is 14.8 Å². The lowest BCUT2D eigenvalue weighted by Crippen LogP contribution is -2.45. The number of ether oxygens (including phenoxy) is 2. The lowest BCUT2D eigenvalue weighted by atomic mass is 10.1. The lowest BCUT2D eigenvalue weighted by Gasteiger charge is -2.35. The number of hydrogen-bond donors (Lipinski definition) is 1. The van der Waals surface area contributed by atoms with Crippen molar-refractivity contribution in [1.29, 1.82) is 0 Å². The zero-order valence-electron chi connectivity index (χ0n) is 16.5. The molecule has 1 aliphatic rings. The van der Waals surface area contributed by atoms with Crippen molar-refractivity contribution in [2.75, 3.05) is 18.4 Å². The maximum absolute atomic E-state index is 12.7. The number of nitrogens with one attached hydrogen (secondary N) is 1. The molecule has 0 spiro atoms. The van der Waals surface area contributed by atoms with Crippen LogP contribution in [0.1, 0.15) is 26.3 Å². The van der Waals surface area contributed by atoms with Gasteiger partial charge in [-0.2, -0.15) is 0 Å². The Morgan fingerprint density at radius 2 is 1.82 bits per heavy atom. The van der Waals surface area contributed by atoms with Crippen molar-refractivity contribution in [2.24, 2.45) is 0 Å². The van der Waals surface area contributed by atoms with E-state index in [9.17, 15) is 4.79 Å². The number of hydrogen-bond acceptors (Lipinski definition) is 4. The van der Waals surface area contributed by atoms with Gasteiger partial charge >= 0.3 is 0 Å². The summed E-state index contributed by atoms with van der Waals surface area (Å²) >= 11 is 6.12. The molecule has 2 aromatic carbocycles. The third-order valence-corrected chi connectivity index (χ3v) is 4.99. The second-order valence-corrected chi connectivity index (χ2v) is 7.70. The van der Waals surface area contributed by atoms with Gasteiger partial charge in [0.2, 0.25) is 0 Å². The predicted molar refractivity (Wildman–Crippen MR) is 112 cm³/mol. The van der Waals surface area contributed by atoms with Crippen molar-refractivity contribution in [3.05, 3.63) is 59.1 Å². The normalized spacial score (nSPS) is 21.1. The molecule has 1 saturated heterocycles. The fraction of sp³-hybridized carbons (Fsp3) is 0.409. The third kappa shape index (κ3) is 5.47. The molecule has 3 unspecified atom stereocenters. The molecule has 0 aliphatic carbocycles. The summed E-state index contributed by atoms with van der Waals surface area (Å²) in [7, 11) is 0. The van der Waals surface area contributed by atoms with Crippen LogP contribution in [0, 0.1) is 0 Å². The van der Waals surface area contributed by atoms with Crippen molar-refractivity contribution in [2.45, 2.75) is 45.6 Å². The molecular formula is C22H27ClN2O3. The fourth-order valence-electron chi connectivity index (χ4n) is 3.45. The Labute approximate surface area is 171 Å². The van der Waals surface area contributed by atoms with E-state index in [2.05, 4.69) is 24.1 Å². The van der Waals surface area contributed by atoms with Crippen LogP contribution in [0.3, 0.4) is 0 Å². The van der Waals surface area contributed by atoms with E-state index in [1.54, 1.807) is 19.1 Å². The second kappa shape index (κ2) is 9.41. The number of rotatable bonds is 6. The predicted octanol–water partition coefficient (Wildman–Crippen LogP) is 4.36. The van der Waals surface area contributed by atoms with Crippen molar-refractivity contribution < 1.29 is 14.3 Å². The maximum atomic E-state index is 12.7. The number of nitrogens with zero attached hydrogens (tertiary/aromatic N) is 1. The van der Waals surface area contributed by atoms with E-state index in [0.29, 0.717) is 10.8 Å². The summed E-state index contributed by atoms with van der Waals surface area (Å²) in [4.78, 5) is 15.0. The van der Waals surface area contributed by atoms with Crippen molar-refractivity contribution in [1.82, 2.24) is 4.90 Å². The first-order valence-electron chi connectivity index (χ1n) is 9.60. The molecule has 0 radical (unpaired) electrons. The van der Waals surface area contributed by atoms with Crippen molar-refractivity contribution in [3.63, 3.8) is 0 Å². The molecule has 0 saturated carbocycles. The highest BCUT2D eigenvalue weighted by molar-refractivity contribution is 6.32. The summed E-state index contributed by atoms with van der Waals surface area (Å²) in [5.74, 6) is 0.285. The molecule has 1 heterocycles. The summed E-state index contributed by atoms with van der Waals surface area (Å²) in [6.45, 7) is 8.40. The molecule has 1 N–H and O–H groups in total. The molecule has 0 aromatic heterocycles. The zero-order chi connectivity index (χ0) is 20.1.